The topological polar surface area (TPSA) is 66.4 Å². The fourth-order valence-electron chi connectivity index (χ4n) is 1.06. The van der Waals surface area contributed by atoms with Gasteiger partial charge in [0.25, 0.3) is 0 Å². The molecule has 5 heteroatoms. The molecule has 0 bridgehead atoms. The molecule has 2 N–H and O–H groups in total. The van der Waals surface area contributed by atoms with E-state index in [1.807, 2.05) is 0 Å². The second-order valence-corrected chi connectivity index (χ2v) is 3.48. The number of amides is 1. The predicted octanol–water partition coefficient (Wildman–Crippen LogP) is 2.23. The Hall–Kier alpha value is -1.81. The third-order valence-electron chi connectivity index (χ3n) is 1.90. The number of aliphatic carboxylic acids is 1. The van der Waals surface area contributed by atoms with Gasteiger partial charge in [-0.2, -0.15) is 0 Å². The molecule has 84 valence electrons. The molecule has 0 aliphatic carbocycles. The summed E-state index contributed by atoms with van der Waals surface area (Å²) in [6.45, 7) is 1.76. The fourth-order valence-corrected chi connectivity index (χ4v) is 1.24. The van der Waals surface area contributed by atoms with Crippen molar-refractivity contribution in [1.29, 1.82) is 0 Å². The Morgan fingerprint density at radius 1 is 1.38 bits per heavy atom. The minimum Gasteiger partial charge on any atom is -0.478 e. The first-order valence-electron chi connectivity index (χ1n) is 4.48. The van der Waals surface area contributed by atoms with Crippen LogP contribution in [0, 0.1) is 6.92 Å². The van der Waals surface area contributed by atoms with Gasteiger partial charge in [-0.3, -0.25) is 4.79 Å². The number of hydrogen-bond acceptors (Lipinski definition) is 2. The third kappa shape index (κ3) is 3.40. The number of hydrogen-bond donors (Lipinski definition) is 2. The van der Waals surface area contributed by atoms with Crippen molar-refractivity contribution in [3.8, 4) is 0 Å². The summed E-state index contributed by atoms with van der Waals surface area (Å²) in [4.78, 5) is 21.5. The van der Waals surface area contributed by atoms with Crippen molar-refractivity contribution in [3.63, 3.8) is 0 Å². The minimum atomic E-state index is -1.17. The zero-order valence-corrected chi connectivity index (χ0v) is 9.28. The van der Waals surface area contributed by atoms with Gasteiger partial charge in [0.05, 0.1) is 0 Å². The van der Waals surface area contributed by atoms with Gasteiger partial charge in [0, 0.05) is 22.9 Å². The second-order valence-electron chi connectivity index (χ2n) is 3.07. The van der Waals surface area contributed by atoms with E-state index in [1.165, 1.54) is 0 Å². The molecule has 0 aliphatic heterocycles. The molecule has 16 heavy (non-hydrogen) atoms. The quantitative estimate of drug-likeness (QED) is 0.795. The molecule has 0 saturated carbocycles. The molecule has 1 amide bonds. The van der Waals surface area contributed by atoms with Crippen LogP contribution in [0.15, 0.2) is 30.4 Å². The molecule has 1 rings (SSSR count). The Kier molecular flexibility index (Phi) is 4.08. The zero-order valence-electron chi connectivity index (χ0n) is 8.53. The molecule has 0 fully saturated rings. The molecule has 1 aromatic rings. The van der Waals surface area contributed by atoms with Crippen molar-refractivity contribution in [2.24, 2.45) is 0 Å². The van der Waals surface area contributed by atoms with Gasteiger partial charge in [-0.25, -0.2) is 4.79 Å². The standard InChI is InChI=1S/C11H10ClNO3/c1-7-8(12)3-2-4-9(7)13-10(14)5-6-11(15)16/h2-6H,1H3,(H,13,14)(H,15,16)/b6-5-. The van der Waals surface area contributed by atoms with Crippen LogP contribution in [0.4, 0.5) is 5.69 Å². The average Bonchev–Trinajstić information content (AvgIpc) is 2.22. The highest BCUT2D eigenvalue weighted by Crippen LogP contribution is 2.22. The summed E-state index contributed by atoms with van der Waals surface area (Å²) in [5, 5.41) is 11.4. The van der Waals surface area contributed by atoms with E-state index >= 15 is 0 Å². The Balaban J connectivity index is 2.78. The minimum absolute atomic E-state index is 0.507. The summed E-state index contributed by atoms with van der Waals surface area (Å²) in [7, 11) is 0. The number of halogens is 1. The molecular weight excluding hydrogens is 230 g/mol. The van der Waals surface area contributed by atoms with E-state index in [4.69, 9.17) is 16.7 Å². The normalized spacial score (nSPS) is 10.4. The maximum Gasteiger partial charge on any atom is 0.328 e. The molecule has 0 saturated heterocycles. The number of nitrogens with one attached hydrogen (secondary N) is 1. The molecule has 0 aromatic heterocycles. The first-order chi connectivity index (χ1) is 7.50. The summed E-state index contributed by atoms with van der Waals surface area (Å²) in [6.07, 6.45) is 1.72. The van der Waals surface area contributed by atoms with E-state index in [0.29, 0.717) is 10.7 Å². The molecule has 4 nitrogen and oxygen atoms in total. The smallest absolute Gasteiger partial charge is 0.328 e. The maximum atomic E-state index is 11.3. The van der Waals surface area contributed by atoms with Gasteiger partial charge in [0.15, 0.2) is 0 Å². The van der Waals surface area contributed by atoms with E-state index < -0.39 is 11.9 Å². The summed E-state index contributed by atoms with van der Waals surface area (Å²) in [5.41, 5.74) is 1.30. The van der Waals surface area contributed by atoms with Crippen molar-refractivity contribution >= 4 is 29.2 Å². The highest BCUT2D eigenvalue weighted by Gasteiger charge is 2.04. The van der Waals surface area contributed by atoms with E-state index in [-0.39, 0.29) is 0 Å². The summed E-state index contributed by atoms with van der Waals surface area (Å²) >= 11 is 5.86. The number of carboxylic acids is 1. The molecule has 0 aliphatic rings. The van der Waals surface area contributed by atoms with Crippen molar-refractivity contribution in [2.75, 3.05) is 5.32 Å². The lowest BCUT2D eigenvalue weighted by Crippen LogP contribution is -2.09. The summed E-state index contributed by atoms with van der Waals surface area (Å²) in [6, 6.07) is 5.10. The van der Waals surface area contributed by atoms with Crippen LogP contribution in [0.2, 0.25) is 5.02 Å². The second kappa shape index (κ2) is 5.32. The van der Waals surface area contributed by atoms with Gasteiger partial charge >= 0.3 is 5.97 Å². The number of carboxylic acid groups (broad SMARTS) is 1. The average molecular weight is 240 g/mol. The maximum absolute atomic E-state index is 11.3. The van der Waals surface area contributed by atoms with E-state index in [0.717, 1.165) is 17.7 Å². The molecule has 1 aromatic carbocycles. The number of benzene rings is 1. The van der Waals surface area contributed by atoms with Crippen LogP contribution in [0.3, 0.4) is 0 Å². The Morgan fingerprint density at radius 3 is 2.69 bits per heavy atom. The van der Waals surface area contributed by atoms with Crippen LogP contribution >= 0.6 is 11.6 Å². The van der Waals surface area contributed by atoms with Crippen LogP contribution in [-0.4, -0.2) is 17.0 Å². The zero-order chi connectivity index (χ0) is 12.1. The molecular formula is C11H10ClNO3. The van der Waals surface area contributed by atoms with Gasteiger partial charge in [0.2, 0.25) is 5.91 Å². The van der Waals surface area contributed by atoms with Gasteiger partial charge in [-0.05, 0) is 24.6 Å². The lowest BCUT2D eigenvalue weighted by atomic mass is 10.2. The van der Waals surface area contributed by atoms with Gasteiger partial charge in [-0.15, -0.1) is 0 Å². The van der Waals surface area contributed by atoms with Crippen molar-refractivity contribution in [1.82, 2.24) is 0 Å². The van der Waals surface area contributed by atoms with Gasteiger partial charge < -0.3 is 10.4 Å². The van der Waals surface area contributed by atoms with Gasteiger partial charge in [0.1, 0.15) is 0 Å². The molecule has 0 radical (unpaired) electrons. The Morgan fingerprint density at radius 2 is 2.06 bits per heavy atom. The van der Waals surface area contributed by atoms with Crippen LogP contribution in [0.5, 0.6) is 0 Å². The molecule has 0 spiro atoms. The predicted molar refractivity (Wildman–Crippen MR) is 61.6 cm³/mol. The van der Waals surface area contributed by atoms with Crippen molar-refractivity contribution < 1.29 is 14.7 Å². The first kappa shape index (κ1) is 12.3. The van der Waals surface area contributed by atoms with Crippen LogP contribution < -0.4 is 5.32 Å². The van der Waals surface area contributed by atoms with E-state index in [9.17, 15) is 9.59 Å². The monoisotopic (exact) mass is 239 g/mol. The SMILES string of the molecule is Cc1c(Cl)cccc1NC(=O)/C=C\C(=O)O. The Labute approximate surface area is 97.5 Å². The van der Waals surface area contributed by atoms with E-state index in [2.05, 4.69) is 5.32 Å². The summed E-state index contributed by atoms with van der Waals surface area (Å²) in [5.74, 6) is -1.68. The van der Waals surface area contributed by atoms with E-state index in [1.54, 1.807) is 25.1 Å². The number of rotatable bonds is 3. The van der Waals surface area contributed by atoms with Crippen molar-refractivity contribution in [2.45, 2.75) is 6.92 Å². The molecule has 0 atom stereocenters. The lowest BCUT2D eigenvalue weighted by Gasteiger charge is -2.07. The third-order valence-corrected chi connectivity index (χ3v) is 2.31. The molecule has 0 heterocycles. The first-order valence-corrected chi connectivity index (χ1v) is 4.85. The summed E-state index contributed by atoms with van der Waals surface area (Å²) < 4.78 is 0. The van der Waals surface area contributed by atoms with Crippen LogP contribution in [0.1, 0.15) is 5.56 Å². The Bertz CT molecular complexity index is 455. The number of carbonyl (C=O) groups is 2. The molecule has 0 unspecified atom stereocenters. The van der Waals surface area contributed by atoms with Crippen LogP contribution in [-0.2, 0) is 9.59 Å². The number of carbonyl (C=O) groups excluding carboxylic acids is 1. The largest absolute Gasteiger partial charge is 0.478 e. The highest BCUT2D eigenvalue weighted by molar-refractivity contribution is 6.31. The lowest BCUT2D eigenvalue weighted by molar-refractivity contribution is -0.131. The van der Waals surface area contributed by atoms with Crippen molar-refractivity contribution in [3.05, 3.63) is 40.9 Å². The highest BCUT2D eigenvalue weighted by atomic mass is 35.5. The fraction of sp³-hybridized carbons (Fsp3) is 0.0909. The number of anilines is 1. The van der Waals surface area contributed by atoms with Gasteiger partial charge in [-0.1, -0.05) is 17.7 Å². The van der Waals surface area contributed by atoms with Crippen LogP contribution in [0.25, 0.3) is 0 Å².